The zero-order chi connectivity index (χ0) is 15.5. The van der Waals surface area contributed by atoms with E-state index in [-0.39, 0.29) is 0 Å². The molecular weight excluding hydrogens is 296 g/mol. The van der Waals surface area contributed by atoms with Gasteiger partial charge in [-0.3, -0.25) is 4.79 Å². The predicted molar refractivity (Wildman–Crippen MR) is 77.2 cm³/mol. The van der Waals surface area contributed by atoms with E-state index in [4.69, 9.17) is 26.4 Å². The molecule has 0 bridgehead atoms. The van der Waals surface area contributed by atoms with Gasteiger partial charge in [-0.25, -0.2) is 0 Å². The SMILES string of the molecule is CO[C@]1(C=O)O[C@@H](C=S)[C@H](O)[C@@H](Oc2ccccc2)[C@H]1O. The lowest BCUT2D eigenvalue weighted by atomic mass is 9.93. The van der Waals surface area contributed by atoms with Crippen molar-refractivity contribution in [1.82, 2.24) is 0 Å². The Morgan fingerprint density at radius 1 is 1.33 bits per heavy atom. The number of aliphatic hydroxyl groups is 2. The first-order valence-electron chi connectivity index (χ1n) is 6.30. The number of ether oxygens (including phenoxy) is 3. The van der Waals surface area contributed by atoms with Gasteiger partial charge in [0.05, 0.1) is 0 Å². The Hall–Kier alpha value is -1.38. The number of benzene rings is 1. The zero-order valence-corrected chi connectivity index (χ0v) is 12.1. The Bertz CT molecular complexity index is 495. The number of aldehydes is 1. The Morgan fingerprint density at radius 2 is 2.00 bits per heavy atom. The molecule has 0 amide bonds. The Morgan fingerprint density at radius 3 is 2.52 bits per heavy atom. The van der Waals surface area contributed by atoms with Crippen LogP contribution in [0, 0.1) is 0 Å². The van der Waals surface area contributed by atoms with Crippen molar-refractivity contribution >= 4 is 23.9 Å². The van der Waals surface area contributed by atoms with Gasteiger partial charge in [-0.05, 0) is 12.1 Å². The smallest absolute Gasteiger partial charge is 0.257 e. The molecule has 1 fully saturated rings. The minimum Gasteiger partial charge on any atom is -0.485 e. The minimum atomic E-state index is -1.93. The van der Waals surface area contributed by atoms with Crippen LogP contribution in [0.3, 0.4) is 0 Å². The van der Waals surface area contributed by atoms with Gasteiger partial charge < -0.3 is 24.4 Å². The van der Waals surface area contributed by atoms with E-state index in [1.54, 1.807) is 30.3 Å². The average Bonchev–Trinajstić information content (AvgIpc) is 2.53. The summed E-state index contributed by atoms with van der Waals surface area (Å²) in [5.74, 6) is -1.50. The largest absolute Gasteiger partial charge is 0.485 e. The second-order valence-corrected chi connectivity index (χ2v) is 4.87. The molecule has 2 rings (SSSR count). The summed E-state index contributed by atoms with van der Waals surface area (Å²) in [4.78, 5) is 11.3. The Balaban J connectivity index is 2.31. The second kappa shape index (κ2) is 6.59. The lowest BCUT2D eigenvalue weighted by Crippen LogP contribution is -2.67. The molecule has 6 nitrogen and oxygen atoms in total. The van der Waals surface area contributed by atoms with Gasteiger partial charge in [-0.15, -0.1) is 0 Å². The molecule has 1 aliphatic rings. The summed E-state index contributed by atoms with van der Waals surface area (Å²) in [5, 5.41) is 21.7. The van der Waals surface area contributed by atoms with Crippen LogP contribution in [0.25, 0.3) is 0 Å². The molecule has 0 aliphatic carbocycles. The lowest BCUT2D eigenvalue weighted by Gasteiger charge is -2.45. The minimum absolute atomic E-state index is 0.330. The lowest BCUT2D eigenvalue weighted by molar-refractivity contribution is -0.313. The van der Waals surface area contributed by atoms with Crippen molar-refractivity contribution in [1.29, 1.82) is 0 Å². The van der Waals surface area contributed by atoms with Crippen LogP contribution < -0.4 is 4.74 Å². The molecule has 1 aromatic rings. The summed E-state index contributed by atoms with van der Waals surface area (Å²) in [7, 11) is 1.22. The van der Waals surface area contributed by atoms with E-state index in [2.05, 4.69) is 0 Å². The molecule has 21 heavy (non-hydrogen) atoms. The van der Waals surface area contributed by atoms with Crippen LogP contribution in [0.5, 0.6) is 5.75 Å². The van der Waals surface area contributed by atoms with Crippen molar-refractivity contribution in [3.8, 4) is 5.75 Å². The van der Waals surface area contributed by atoms with Crippen LogP contribution >= 0.6 is 12.2 Å². The van der Waals surface area contributed by atoms with Crippen LogP contribution in [0.1, 0.15) is 0 Å². The van der Waals surface area contributed by atoms with Gasteiger partial charge in [0.15, 0.2) is 18.5 Å². The molecular formula is C14H16O6S. The van der Waals surface area contributed by atoms with E-state index >= 15 is 0 Å². The van der Waals surface area contributed by atoms with E-state index in [1.807, 2.05) is 0 Å². The van der Waals surface area contributed by atoms with E-state index in [0.717, 1.165) is 5.37 Å². The highest BCUT2D eigenvalue weighted by molar-refractivity contribution is 7.79. The molecule has 0 radical (unpaired) electrons. The molecule has 0 saturated carbocycles. The number of para-hydroxylation sites is 1. The third-order valence-electron chi connectivity index (χ3n) is 3.35. The summed E-state index contributed by atoms with van der Waals surface area (Å²) < 4.78 is 15.9. The summed E-state index contributed by atoms with van der Waals surface area (Å²) in [6.07, 6.45) is -4.53. The molecule has 2 N–H and O–H groups in total. The Labute approximate surface area is 127 Å². The van der Waals surface area contributed by atoms with Crippen LogP contribution in [-0.4, -0.2) is 59.2 Å². The maximum Gasteiger partial charge on any atom is 0.257 e. The molecule has 1 saturated heterocycles. The van der Waals surface area contributed by atoms with Gasteiger partial charge in [0.2, 0.25) is 0 Å². The normalized spacial score (nSPS) is 36.0. The summed E-state index contributed by atoms with van der Waals surface area (Å²) in [5.41, 5.74) is 0. The number of methoxy groups -OCH3 is 1. The average molecular weight is 312 g/mol. The fourth-order valence-electron chi connectivity index (χ4n) is 2.17. The first-order chi connectivity index (χ1) is 10.1. The first-order valence-corrected chi connectivity index (χ1v) is 6.77. The Kier molecular flexibility index (Phi) is 5.02. The summed E-state index contributed by atoms with van der Waals surface area (Å²) in [6.45, 7) is 0. The third-order valence-corrected chi connectivity index (χ3v) is 3.62. The number of carbonyl (C=O) groups is 1. The fraction of sp³-hybridized carbons (Fsp3) is 0.429. The third kappa shape index (κ3) is 2.97. The van der Waals surface area contributed by atoms with E-state index < -0.39 is 30.2 Å². The number of carbonyl (C=O) groups excluding carboxylic acids is 1. The number of hydrogen-bond donors (Lipinski definition) is 2. The molecule has 114 valence electrons. The molecule has 0 aromatic heterocycles. The highest BCUT2D eigenvalue weighted by Crippen LogP contribution is 2.31. The molecule has 5 atom stereocenters. The quantitative estimate of drug-likeness (QED) is 0.589. The fourth-order valence-corrected chi connectivity index (χ4v) is 2.38. The number of thiocarbonyl (C=S) groups is 1. The standard InChI is InChI=1S/C14H16O6S/c1-18-14(8-15)13(17)12(11(16)10(7-21)20-14)19-9-5-3-2-4-6-9/h2-8,10-13,16-17H,1H3/t10-,11-,12+,13+,14+/m0/s1. The molecule has 1 aliphatic heterocycles. The van der Waals surface area contributed by atoms with Crippen molar-refractivity contribution in [3.05, 3.63) is 30.3 Å². The molecule has 1 aromatic carbocycles. The maximum atomic E-state index is 11.3. The van der Waals surface area contributed by atoms with Crippen LogP contribution in [0.2, 0.25) is 0 Å². The van der Waals surface area contributed by atoms with Gasteiger partial charge in [-0.1, -0.05) is 30.4 Å². The number of hydrogen-bond acceptors (Lipinski definition) is 7. The molecule has 7 heteroatoms. The second-order valence-electron chi connectivity index (χ2n) is 4.59. The highest BCUT2D eigenvalue weighted by Gasteiger charge is 2.55. The van der Waals surface area contributed by atoms with E-state index in [9.17, 15) is 15.0 Å². The topological polar surface area (TPSA) is 85.2 Å². The van der Waals surface area contributed by atoms with Gasteiger partial charge in [-0.2, -0.15) is 0 Å². The maximum absolute atomic E-state index is 11.3. The van der Waals surface area contributed by atoms with Gasteiger partial charge >= 0.3 is 0 Å². The van der Waals surface area contributed by atoms with E-state index in [1.165, 1.54) is 7.11 Å². The molecule has 1 heterocycles. The van der Waals surface area contributed by atoms with Crippen LogP contribution in [-0.2, 0) is 14.3 Å². The van der Waals surface area contributed by atoms with Crippen molar-refractivity contribution in [2.75, 3.05) is 7.11 Å². The van der Waals surface area contributed by atoms with Crippen molar-refractivity contribution in [2.24, 2.45) is 0 Å². The van der Waals surface area contributed by atoms with Gasteiger partial charge in [0.25, 0.3) is 5.79 Å². The predicted octanol–water partition coefficient (Wildman–Crippen LogP) is 0.0959. The van der Waals surface area contributed by atoms with Gasteiger partial charge in [0, 0.05) is 12.5 Å². The number of rotatable bonds is 5. The van der Waals surface area contributed by atoms with Crippen molar-refractivity contribution in [2.45, 2.75) is 30.2 Å². The van der Waals surface area contributed by atoms with Crippen molar-refractivity contribution in [3.63, 3.8) is 0 Å². The van der Waals surface area contributed by atoms with Crippen LogP contribution in [0.15, 0.2) is 30.3 Å². The van der Waals surface area contributed by atoms with E-state index in [0.29, 0.717) is 12.0 Å². The highest BCUT2D eigenvalue weighted by atomic mass is 32.1. The monoisotopic (exact) mass is 312 g/mol. The summed E-state index contributed by atoms with van der Waals surface area (Å²) >= 11 is 4.78. The zero-order valence-electron chi connectivity index (χ0n) is 11.3. The van der Waals surface area contributed by atoms with Crippen molar-refractivity contribution < 1.29 is 29.2 Å². The molecule has 0 spiro atoms. The summed E-state index contributed by atoms with van der Waals surface area (Å²) in [6, 6.07) is 8.61. The first kappa shape index (κ1) is 16.0. The molecule has 0 unspecified atom stereocenters. The van der Waals surface area contributed by atoms with Crippen LogP contribution in [0.4, 0.5) is 0 Å². The van der Waals surface area contributed by atoms with Gasteiger partial charge in [0.1, 0.15) is 18.0 Å². The number of aliphatic hydroxyl groups excluding tert-OH is 2.